The van der Waals surface area contributed by atoms with E-state index in [1.54, 1.807) is 49.8 Å². The number of pyridine rings is 1. The van der Waals surface area contributed by atoms with Gasteiger partial charge >= 0.3 is 0 Å². The number of carbonyl (C=O) groups excluding carboxylic acids is 2. The summed E-state index contributed by atoms with van der Waals surface area (Å²) in [5.74, 6) is 1.07. The second-order valence-corrected chi connectivity index (χ2v) is 6.66. The normalized spacial score (nSPS) is 13.8. The number of Topliss-reactive ketones (excluding diaryl/α,β-unsaturated/α-hetero) is 1. The highest BCUT2D eigenvalue weighted by atomic mass is 16.5. The van der Waals surface area contributed by atoms with E-state index in [2.05, 4.69) is 10.3 Å². The monoisotopic (exact) mass is 388 g/mol. The van der Waals surface area contributed by atoms with Gasteiger partial charge in [0.2, 0.25) is 0 Å². The fraction of sp³-hybridized carbons (Fsp3) is 0.174. The number of benzene rings is 2. The summed E-state index contributed by atoms with van der Waals surface area (Å²) in [7, 11) is 1.60. The van der Waals surface area contributed by atoms with Crippen LogP contribution in [-0.4, -0.2) is 30.3 Å². The summed E-state index contributed by atoms with van der Waals surface area (Å²) in [6, 6.07) is 16.3. The van der Waals surface area contributed by atoms with E-state index < -0.39 is 6.10 Å². The van der Waals surface area contributed by atoms with E-state index in [1.807, 2.05) is 24.3 Å². The second kappa shape index (κ2) is 8.14. The molecule has 6 heteroatoms. The Kier molecular flexibility index (Phi) is 5.24. The second-order valence-electron chi connectivity index (χ2n) is 6.66. The average molecular weight is 388 g/mol. The third-order valence-electron chi connectivity index (χ3n) is 4.81. The number of hydrogen-bond donors (Lipinski definition) is 1. The highest BCUT2D eigenvalue weighted by Gasteiger charge is 2.21. The molecule has 0 saturated carbocycles. The highest BCUT2D eigenvalue weighted by Crippen LogP contribution is 2.33. The maximum atomic E-state index is 12.0. The largest absolute Gasteiger partial charge is 0.492 e. The Bertz CT molecular complexity index is 1030. The van der Waals surface area contributed by atoms with Crippen molar-refractivity contribution in [2.24, 2.45) is 0 Å². The van der Waals surface area contributed by atoms with Crippen molar-refractivity contribution in [3.05, 3.63) is 89.2 Å². The van der Waals surface area contributed by atoms with Crippen molar-refractivity contribution in [2.45, 2.75) is 12.5 Å². The van der Waals surface area contributed by atoms with Crippen LogP contribution < -0.4 is 14.8 Å². The Morgan fingerprint density at radius 3 is 2.52 bits per heavy atom. The molecule has 6 nitrogen and oxygen atoms in total. The van der Waals surface area contributed by atoms with E-state index in [4.69, 9.17) is 9.47 Å². The van der Waals surface area contributed by atoms with E-state index in [1.165, 1.54) is 0 Å². The van der Waals surface area contributed by atoms with Crippen LogP contribution in [0.1, 0.15) is 44.4 Å². The molecule has 146 valence electrons. The van der Waals surface area contributed by atoms with Crippen LogP contribution in [0.15, 0.2) is 67.0 Å². The molecule has 0 bridgehead atoms. The van der Waals surface area contributed by atoms with Gasteiger partial charge in [0.25, 0.3) is 5.91 Å². The molecule has 1 aromatic heterocycles. The topological polar surface area (TPSA) is 77.5 Å². The number of ether oxygens (including phenoxy) is 2. The van der Waals surface area contributed by atoms with Crippen molar-refractivity contribution in [3.63, 3.8) is 0 Å². The predicted molar refractivity (Wildman–Crippen MR) is 107 cm³/mol. The predicted octanol–water partition coefficient (Wildman–Crippen LogP) is 3.57. The zero-order valence-corrected chi connectivity index (χ0v) is 15.9. The zero-order valence-electron chi connectivity index (χ0n) is 15.9. The number of fused-ring (bicyclic) bond motifs is 1. The minimum Gasteiger partial charge on any atom is -0.492 e. The highest BCUT2D eigenvalue weighted by molar-refractivity contribution is 5.99. The van der Waals surface area contributed by atoms with Gasteiger partial charge in [-0.3, -0.25) is 14.6 Å². The smallest absolute Gasteiger partial charge is 0.251 e. The van der Waals surface area contributed by atoms with Gasteiger partial charge in [-0.15, -0.1) is 0 Å². The molecule has 0 spiro atoms. The number of carbonyl (C=O) groups is 2. The van der Waals surface area contributed by atoms with E-state index in [9.17, 15) is 9.59 Å². The molecule has 1 aliphatic rings. The third-order valence-corrected chi connectivity index (χ3v) is 4.81. The molecule has 4 rings (SSSR count). The molecule has 1 atom stereocenters. The van der Waals surface area contributed by atoms with E-state index in [-0.39, 0.29) is 11.7 Å². The van der Waals surface area contributed by atoms with Crippen molar-refractivity contribution < 1.29 is 19.1 Å². The maximum absolute atomic E-state index is 12.0. The Morgan fingerprint density at radius 2 is 1.79 bits per heavy atom. The van der Waals surface area contributed by atoms with Crippen molar-refractivity contribution in [1.29, 1.82) is 0 Å². The molecule has 3 aromatic rings. The van der Waals surface area contributed by atoms with Crippen molar-refractivity contribution >= 4 is 11.7 Å². The Hall–Kier alpha value is -3.67. The van der Waals surface area contributed by atoms with Gasteiger partial charge in [-0.1, -0.05) is 12.1 Å². The van der Waals surface area contributed by atoms with Crippen molar-refractivity contribution in [3.8, 4) is 11.5 Å². The number of nitrogens with zero attached hydrogens (tertiary/aromatic N) is 1. The number of nitrogens with one attached hydrogen (secondary N) is 1. The van der Waals surface area contributed by atoms with E-state index >= 15 is 0 Å². The minimum absolute atomic E-state index is 0.0771. The summed E-state index contributed by atoms with van der Waals surface area (Å²) in [6.45, 7) is 0.379. The number of rotatable bonds is 5. The fourth-order valence-corrected chi connectivity index (χ4v) is 3.27. The molecule has 0 fully saturated rings. The van der Waals surface area contributed by atoms with Crippen LogP contribution in [0, 0.1) is 0 Å². The van der Waals surface area contributed by atoms with Gasteiger partial charge in [0, 0.05) is 37.5 Å². The summed E-state index contributed by atoms with van der Waals surface area (Å²) in [6.07, 6.45) is 3.40. The third kappa shape index (κ3) is 3.96. The SMILES string of the molecule is CNC(=O)c1ccc([C@@H](Oc2ccc3c(c2)OCCC3=O)c2ccncc2)cc1. The van der Waals surface area contributed by atoms with Crippen LogP contribution >= 0.6 is 0 Å². The summed E-state index contributed by atoms with van der Waals surface area (Å²) in [4.78, 5) is 27.9. The zero-order chi connectivity index (χ0) is 20.2. The number of amides is 1. The molecular formula is C23H20N2O4. The number of ketones is 1. The molecule has 0 radical (unpaired) electrons. The van der Waals surface area contributed by atoms with Crippen molar-refractivity contribution in [2.75, 3.05) is 13.7 Å². The standard InChI is InChI=1S/C23H20N2O4/c1-24-23(27)17-4-2-15(3-5-17)22(16-8-11-25-12-9-16)29-18-6-7-19-20(26)10-13-28-21(19)14-18/h2-9,11-12,14,22H,10,13H2,1H3,(H,24,27)/t22-/m1/s1. The maximum Gasteiger partial charge on any atom is 0.251 e. The fourth-order valence-electron chi connectivity index (χ4n) is 3.27. The van der Waals surface area contributed by atoms with Crippen LogP contribution in [0.3, 0.4) is 0 Å². The summed E-state index contributed by atoms with van der Waals surface area (Å²) in [5.41, 5.74) is 2.96. The van der Waals surface area contributed by atoms with Gasteiger partial charge in [0.1, 0.15) is 17.6 Å². The number of aromatic nitrogens is 1. The Labute approximate surface area is 168 Å². The molecule has 1 N–H and O–H groups in total. The van der Waals surface area contributed by atoms with E-state index in [0.29, 0.717) is 35.7 Å². The first-order chi connectivity index (χ1) is 14.2. The molecule has 29 heavy (non-hydrogen) atoms. The van der Waals surface area contributed by atoms with Crippen LogP contribution in [0.25, 0.3) is 0 Å². The van der Waals surface area contributed by atoms with Gasteiger partial charge in [0.15, 0.2) is 5.78 Å². The van der Waals surface area contributed by atoms with Gasteiger partial charge in [0.05, 0.1) is 12.2 Å². The van der Waals surface area contributed by atoms with Crippen LogP contribution in [0.4, 0.5) is 0 Å². The lowest BCUT2D eigenvalue weighted by molar-refractivity contribution is 0.0930. The van der Waals surface area contributed by atoms with E-state index in [0.717, 1.165) is 11.1 Å². The summed E-state index contributed by atoms with van der Waals surface area (Å²) in [5, 5.41) is 2.61. The molecule has 2 heterocycles. The Morgan fingerprint density at radius 1 is 1.07 bits per heavy atom. The average Bonchev–Trinajstić information content (AvgIpc) is 2.78. The minimum atomic E-state index is -0.408. The lowest BCUT2D eigenvalue weighted by Gasteiger charge is -2.22. The Balaban J connectivity index is 1.67. The van der Waals surface area contributed by atoms with Gasteiger partial charge in [-0.25, -0.2) is 0 Å². The van der Waals surface area contributed by atoms with Crippen LogP contribution in [0.2, 0.25) is 0 Å². The molecule has 2 aromatic carbocycles. The first-order valence-corrected chi connectivity index (χ1v) is 9.34. The molecule has 0 saturated heterocycles. The molecule has 1 aliphatic heterocycles. The first-order valence-electron chi connectivity index (χ1n) is 9.34. The molecule has 0 unspecified atom stereocenters. The van der Waals surface area contributed by atoms with Gasteiger partial charge in [-0.2, -0.15) is 0 Å². The number of hydrogen-bond acceptors (Lipinski definition) is 5. The lowest BCUT2D eigenvalue weighted by atomic mass is 10.0. The summed E-state index contributed by atoms with van der Waals surface area (Å²) >= 11 is 0. The molecular weight excluding hydrogens is 368 g/mol. The lowest BCUT2D eigenvalue weighted by Crippen LogP contribution is -2.18. The quantitative estimate of drug-likeness (QED) is 0.723. The first kappa shape index (κ1) is 18.7. The van der Waals surface area contributed by atoms with Crippen LogP contribution in [0.5, 0.6) is 11.5 Å². The van der Waals surface area contributed by atoms with Crippen LogP contribution in [-0.2, 0) is 0 Å². The molecule has 0 aliphatic carbocycles. The van der Waals surface area contributed by atoms with Gasteiger partial charge < -0.3 is 14.8 Å². The van der Waals surface area contributed by atoms with Crippen molar-refractivity contribution in [1.82, 2.24) is 10.3 Å². The molecule has 1 amide bonds. The summed E-state index contributed by atoms with van der Waals surface area (Å²) < 4.78 is 11.9. The van der Waals surface area contributed by atoms with Gasteiger partial charge in [-0.05, 0) is 47.5 Å².